The number of nitrogens with zero attached hydrogens (tertiary/aromatic N) is 1. The highest BCUT2D eigenvalue weighted by atomic mass is 79.9. The van der Waals surface area contributed by atoms with Crippen LogP contribution in [-0.4, -0.2) is 21.1 Å². The van der Waals surface area contributed by atoms with Crippen LogP contribution in [0.3, 0.4) is 0 Å². The van der Waals surface area contributed by atoms with Crippen molar-refractivity contribution < 1.29 is 9.59 Å². The molecule has 5 fully saturated rings. The van der Waals surface area contributed by atoms with E-state index in [-0.39, 0.29) is 17.2 Å². The second kappa shape index (κ2) is 6.96. The van der Waals surface area contributed by atoms with Gasteiger partial charge in [0.1, 0.15) is 0 Å². The predicted molar refractivity (Wildman–Crippen MR) is 118 cm³/mol. The standard InChI is InChI=1S/C21H21BrN2O2S2/c22-16-3-1-2-12(7-16)8-17-18(25)24(20(27)28-17)23-19(26)21-9-13-4-14(10-21)6-15(5-13)11-21/h1-3,7-8,13-15H,4-6,9-11H2,(H,23,26)/b17-8+. The average molecular weight is 477 g/mol. The number of halogens is 1. The van der Waals surface area contributed by atoms with Crippen LogP contribution in [0, 0.1) is 23.2 Å². The Bertz CT molecular complexity index is 878. The molecule has 5 aliphatic rings. The minimum absolute atomic E-state index is 0.00777. The molecule has 7 heteroatoms. The van der Waals surface area contributed by atoms with Gasteiger partial charge in [-0.25, -0.2) is 0 Å². The number of hydrazine groups is 1. The fourth-order valence-corrected chi connectivity index (χ4v) is 7.52. The van der Waals surface area contributed by atoms with Gasteiger partial charge in [-0.15, -0.1) is 0 Å². The number of hydrogen-bond donors (Lipinski definition) is 1. The van der Waals surface area contributed by atoms with Gasteiger partial charge in [0.25, 0.3) is 5.91 Å². The maximum absolute atomic E-state index is 13.3. The van der Waals surface area contributed by atoms with Crippen LogP contribution >= 0.6 is 39.9 Å². The molecule has 28 heavy (non-hydrogen) atoms. The van der Waals surface area contributed by atoms with Crippen LogP contribution < -0.4 is 5.43 Å². The molecule has 0 radical (unpaired) electrons. The van der Waals surface area contributed by atoms with Crippen molar-refractivity contribution in [3.05, 3.63) is 39.2 Å². The summed E-state index contributed by atoms with van der Waals surface area (Å²) in [6.07, 6.45) is 8.56. The van der Waals surface area contributed by atoms with Crippen LogP contribution in [0.15, 0.2) is 33.6 Å². The summed E-state index contributed by atoms with van der Waals surface area (Å²) in [6.45, 7) is 0. The number of thioether (sulfide) groups is 1. The van der Waals surface area contributed by atoms with Crippen LogP contribution in [0.5, 0.6) is 0 Å². The molecule has 1 N–H and O–H groups in total. The quantitative estimate of drug-likeness (QED) is 0.497. The summed E-state index contributed by atoms with van der Waals surface area (Å²) >= 11 is 10.1. The number of amides is 2. The molecule has 1 aromatic carbocycles. The van der Waals surface area contributed by atoms with Crippen LogP contribution in [0.2, 0.25) is 0 Å². The Balaban J connectivity index is 1.34. The van der Waals surface area contributed by atoms with E-state index < -0.39 is 0 Å². The fraction of sp³-hybridized carbons (Fsp3) is 0.476. The molecule has 0 unspecified atom stereocenters. The van der Waals surface area contributed by atoms with Crippen LogP contribution in [0.1, 0.15) is 44.1 Å². The molecule has 1 aromatic rings. The Hall–Kier alpha value is -1.18. The normalized spacial score (nSPS) is 35.1. The van der Waals surface area contributed by atoms with E-state index in [0.717, 1.165) is 29.3 Å². The highest BCUT2D eigenvalue weighted by molar-refractivity contribution is 9.10. The van der Waals surface area contributed by atoms with E-state index in [0.29, 0.717) is 27.0 Å². The summed E-state index contributed by atoms with van der Waals surface area (Å²) in [5.74, 6) is 1.79. The van der Waals surface area contributed by atoms with Crippen LogP contribution in [0.4, 0.5) is 0 Å². The molecule has 0 spiro atoms. The van der Waals surface area contributed by atoms with Gasteiger partial charge in [0.05, 0.1) is 10.3 Å². The van der Waals surface area contributed by atoms with Crippen molar-refractivity contribution in [2.24, 2.45) is 23.2 Å². The first-order chi connectivity index (χ1) is 13.4. The monoisotopic (exact) mass is 476 g/mol. The van der Waals surface area contributed by atoms with Gasteiger partial charge in [0.15, 0.2) is 4.32 Å². The molecule has 0 atom stereocenters. The topological polar surface area (TPSA) is 49.4 Å². The lowest BCUT2D eigenvalue weighted by atomic mass is 9.49. The summed E-state index contributed by atoms with van der Waals surface area (Å²) in [4.78, 5) is 26.7. The van der Waals surface area contributed by atoms with E-state index in [9.17, 15) is 9.59 Å². The smallest absolute Gasteiger partial charge is 0.273 e. The summed E-state index contributed by atoms with van der Waals surface area (Å²) in [7, 11) is 0. The van der Waals surface area contributed by atoms with Crippen LogP contribution in [-0.2, 0) is 9.59 Å². The summed E-state index contributed by atoms with van der Waals surface area (Å²) in [6, 6.07) is 7.74. The summed E-state index contributed by atoms with van der Waals surface area (Å²) in [5, 5.41) is 1.28. The van der Waals surface area contributed by atoms with E-state index in [1.807, 2.05) is 30.3 Å². The Labute approximate surface area is 182 Å². The molecule has 4 bridgehead atoms. The number of carbonyl (C=O) groups excluding carboxylic acids is 2. The van der Waals surface area contributed by atoms with E-state index in [4.69, 9.17) is 12.2 Å². The third-order valence-electron chi connectivity index (χ3n) is 6.67. The van der Waals surface area contributed by atoms with Crippen molar-refractivity contribution in [1.29, 1.82) is 0 Å². The van der Waals surface area contributed by atoms with E-state index >= 15 is 0 Å². The van der Waals surface area contributed by atoms with Crippen molar-refractivity contribution in [3.8, 4) is 0 Å². The molecule has 4 saturated carbocycles. The highest BCUT2D eigenvalue weighted by Gasteiger charge is 2.55. The number of carbonyl (C=O) groups is 2. The second-order valence-corrected chi connectivity index (χ2v) is 11.3. The van der Waals surface area contributed by atoms with Crippen molar-refractivity contribution in [3.63, 3.8) is 0 Å². The molecular formula is C21H21BrN2O2S2. The molecule has 1 saturated heterocycles. The number of rotatable bonds is 3. The molecule has 146 valence electrons. The van der Waals surface area contributed by atoms with Crippen molar-refractivity contribution in [1.82, 2.24) is 10.4 Å². The number of benzene rings is 1. The highest BCUT2D eigenvalue weighted by Crippen LogP contribution is 2.60. The van der Waals surface area contributed by atoms with Gasteiger partial charge >= 0.3 is 0 Å². The van der Waals surface area contributed by atoms with Crippen LogP contribution in [0.25, 0.3) is 6.08 Å². The zero-order valence-corrected chi connectivity index (χ0v) is 18.5. The Morgan fingerprint density at radius 3 is 2.46 bits per heavy atom. The first-order valence-corrected chi connectivity index (χ1v) is 11.8. The molecule has 2 amide bonds. The van der Waals surface area contributed by atoms with Gasteiger partial charge in [-0.1, -0.05) is 39.8 Å². The van der Waals surface area contributed by atoms with Gasteiger partial charge in [0, 0.05) is 4.47 Å². The molecule has 0 aromatic heterocycles. The van der Waals surface area contributed by atoms with Crippen molar-refractivity contribution >= 4 is 62.1 Å². The predicted octanol–water partition coefficient (Wildman–Crippen LogP) is 4.90. The zero-order chi connectivity index (χ0) is 19.5. The third-order valence-corrected chi connectivity index (χ3v) is 8.47. The maximum Gasteiger partial charge on any atom is 0.285 e. The number of hydrogen-bond acceptors (Lipinski definition) is 4. The minimum atomic E-state index is -0.300. The Kier molecular flexibility index (Phi) is 4.68. The lowest BCUT2D eigenvalue weighted by molar-refractivity contribution is -0.152. The lowest BCUT2D eigenvalue weighted by Crippen LogP contribution is -2.57. The van der Waals surface area contributed by atoms with Gasteiger partial charge in [-0.2, -0.15) is 5.01 Å². The Morgan fingerprint density at radius 1 is 1.21 bits per heavy atom. The van der Waals surface area contributed by atoms with Crippen molar-refractivity contribution in [2.45, 2.75) is 38.5 Å². The molecule has 4 aliphatic carbocycles. The summed E-state index contributed by atoms with van der Waals surface area (Å²) < 4.78 is 1.34. The number of nitrogens with one attached hydrogen (secondary N) is 1. The zero-order valence-electron chi connectivity index (χ0n) is 15.3. The first kappa shape index (κ1) is 18.8. The van der Waals surface area contributed by atoms with Gasteiger partial charge in [-0.3, -0.25) is 15.0 Å². The third kappa shape index (κ3) is 3.25. The fourth-order valence-electron chi connectivity index (χ4n) is 5.92. The minimum Gasteiger partial charge on any atom is -0.273 e. The molecule has 4 nitrogen and oxygen atoms in total. The molecule has 1 aliphatic heterocycles. The number of thiocarbonyl (C=S) groups is 1. The first-order valence-electron chi connectivity index (χ1n) is 9.76. The largest absolute Gasteiger partial charge is 0.285 e. The van der Waals surface area contributed by atoms with Gasteiger partial charge in [-0.05, 0) is 92.3 Å². The molecule has 6 rings (SSSR count). The van der Waals surface area contributed by atoms with E-state index in [1.54, 1.807) is 0 Å². The van der Waals surface area contributed by atoms with E-state index in [1.165, 1.54) is 36.0 Å². The molecule has 1 heterocycles. The SMILES string of the molecule is O=C1/C(=C\c2cccc(Br)c2)SC(=S)N1NC(=O)C12CC3CC(CC(C3)C1)C2. The Morgan fingerprint density at radius 2 is 1.86 bits per heavy atom. The maximum atomic E-state index is 13.3. The van der Waals surface area contributed by atoms with E-state index in [2.05, 4.69) is 21.4 Å². The lowest BCUT2D eigenvalue weighted by Gasteiger charge is -2.55. The average Bonchev–Trinajstić information content (AvgIpc) is 2.88. The van der Waals surface area contributed by atoms with Crippen molar-refractivity contribution in [2.75, 3.05) is 0 Å². The van der Waals surface area contributed by atoms with Gasteiger partial charge < -0.3 is 0 Å². The van der Waals surface area contributed by atoms with Gasteiger partial charge in [0.2, 0.25) is 5.91 Å². The summed E-state index contributed by atoms with van der Waals surface area (Å²) in [5.41, 5.74) is 3.51. The molecular weight excluding hydrogens is 456 g/mol. The second-order valence-electron chi connectivity index (χ2n) is 8.71.